The van der Waals surface area contributed by atoms with Gasteiger partial charge in [0.15, 0.2) is 0 Å². The second-order valence-corrected chi connectivity index (χ2v) is 8.20. The first-order valence-corrected chi connectivity index (χ1v) is 10.4. The summed E-state index contributed by atoms with van der Waals surface area (Å²) in [5, 5.41) is 8.21. The Kier molecular flexibility index (Phi) is 4.73. The number of halogens is 2. The van der Waals surface area contributed by atoms with Gasteiger partial charge in [0.25, 0.3) is 5.91 Å². The van der Waals surface area contributed by atoms with Crippen molar-refractivity contribution in [3.8, 4) is 16.8 Å². The summed E-state index contributed by atoms with van der Waals surface area (Å²) in [4.78, 5) is 13.1. The molecule has 0 unspecified atom stereocenters. The Morgan fingerprint density at radius 2 is 1.68 bits per heavy atom. The first-order valence-electron chi connectivity index (χ1n) is 9.66. The maximum atomic E-state index is 13.1. The van der Waals surface area contributed by atoms with Crippen LogP contribution >= 0.6 is 23.2 Å². The van der Waals surface area contributed by atoms with Crippen molar-refractivity contribution in [2.75, 3.05) is 5.32 Å². The Balaban J connectivity index is 1.50. The van der Waals surface area contributed by atoms with Crippen LogP contribution in [0.5, 0.6) is 0 Å². The summed E-state index contributed by atoms with van der Waals surface area (Å²) in [7, 11) is 0. The van der Waals surface area contributed by atoms with Crippen LogP contribution in [0.4, 0.5) is 5.69 Å². The quantitative estimate of drug-likeness (QED) is 0.324. The zero-order chi connectivity index (χ0) is 21.7. The monoisotopic (exact) mass is 449 g/mol. The van der Waals surface area contributed by atoms with Gasteiger partial charge < -0.3 is 9.73 Å². The third kappa shape index (κ3) is 3.46. The molecular formula is C24H17Cl2N3O2. The number of rotatable bonds is 4. The summed E-state index contributed by atoms with van der Waals surface area (Å²) in [5.41, 5.74) is 6.86. The number of aryl methyl sites for hydroxylation is 2. The normalized spacial score (nSPS) is 11.4. The minimum atomic E-state index is -0.273. The van der Waals surface area contributed by atoms with Gasteiger partial charge in [0.1, 0.15) is 11.2 Å². The van der Waals surface area contributed by atoms with Gasteiger partial charge in [0.2, 0.25) is 0 Å². The first-order chi connectivity index (χ1) is 14.9. The second kappa shape index (κ2) is 7.45. The van der Waals surface area contributed by atoms with Gasteiger partial charge in [-0.25, -0.2) is 4.68 Å². The molecule has 5 rings (SSSR count). The van der Waals surface area contributed by atoms with E-state index in [9.17, 15) is 4.79 Å². The van der Waals surface area contributed by atoms with Gasteiger partial charge in [-0.15, -0.1) is 0 Å². The highest BCUT2D eigenvalue weighted by atomic mass is 35.5. The summed E-state index contributed by atoms with van der Waals surface area (Å²) < 4.78 is 7.71. The predicted molar refractivity (Wildman–Crippen MR) is 124 cm³/mol. The summed E-state index contributed by atoms with van der Waals surface area (Å²) in [6.07, 6.45) is 0. The number of carbonyl (C=O) groups is 1. The molecule has 0 aliphatic rings. The molecule has 0 aliphatic heterocycles. The van der Waals surface area contributed by atoms with Crippen molar-refractivity contribution in [1.29, 1.82) is 0 Å². The lowest BCUT2D eigenvalue weighted by molar-refractivity contribution is 0.102. The third-order valence-corrected chi connectivity index (χ3v) is 5.90. The van der Waals surface area contributed by atoms with Crippen molar-refractivity contribution in [3.05, 3.63) is 87.7 Å². The number of hydrogen-bond donors (Lipinski definition) is 1. The Labute approximate surface area is 188 Å². The van der Waals surface area contributed by atoms with E-state index in [1.54, 1.807) is 24.3 Å². The fourth-order valence-corrected chi connectivity index (χ4v) is 4.09. The summed E-state index contributed by atoms with van der Waals surface area (Å²) in [6, 6.07) is 18.6. The van der Waals surface area contributed by atoms with Crippen molar-refractivity contribution >= 4 is 46.0 Å². The number of aromatic nitrogens is 2. The SMILES string of the molecule is Cc1cc(C)n(-c2ccc(-c3c(C(=O)Nc4ccc(Cl)c(Cl)c4)c4ccc3o4)cc2)n1. The fraction of sp³-hybridized carbons (Fsp3) is 0.0833. The van der Waals surface area contributed by atoms with E-state index in [4.69, 9.17) is 27.6 Å². The molecule has 0 fully saturated rings. The number of nitrogens with one attached hydrogen (secondary N) is 1. The molecule has 0 saturated heterocycles. The molecule has 3 aromatic heterocycles. The van der Waals surface area contributed by atoms with Gasteiger partial charge in [-0.1, -0.05) is 35.3 Å². The largest absolute Gasteiger partial charge is 0.456 e. The number of nitrogens with zero attached hydrogens (tertiary/aromatic N) is 2. The van der Waals surface area contributed by atoms with Gasteiger partial charge in [-0.05, 0) is 67.9 Å². The number of fused-ring (bicyclic) bond motifs is 2. The van der Waals surface area contributed by atoms with Gasteiger partial charge in [0.05, 0.1) is 27.0 Å². The molecule has 1 N–H and O–H groups in total. The van der Waals surface area contributed by atoms with Crippen molar-refractivity contribution in [2.24, 2.45) is 0 Å². The van der Waals surface area contributed by atoms with Crippen molar-refractivity contribution in [3.63, 3.8) is 0 Å². The molecule has 0 atom stereocenters. The van der Waals surface area contributed by atoms with Crippen molar-refractivity contribution < 1.29 is 9.21 Å². The first kappa shape index (κ1) is 19.7. The number of benzene rings is 3. The number of carbonyl (C=O) groups excluding carboxylic acids is 1. The molecule has 0 spiro atoms. The van der Waals surface area contributed by atoms with E-state index in [2.05, 4.69) is 10.4 Å². The van der Waals surface area contributed by atoms with Crippen LogP contribution in [0, 0.1) is 13.8 Å². The molecule has 31 heavy (non-hydrogen) atoms. The zero-order valence-electron chi connectivity index (χ0n) is 16.7. The van der Waals surface area contributed by atoms with Crippen LogP contribution in [-0.4, -0.2) is 15.7 Å². The summed E-state index contributed by atoms with van der Waals surface area (Å²) >= 11 is 12.0. The van der Waals surface area contributed by atoms with Crippen LogP contribution < -0.4 is 5.32 Å². The topological polar surface area (TPSA) is 60.1 Å². The number of hydrogen-bond acceptors (Lipinski definition) is 3. The van der Waals surface area contributed by atoms with Gasteiger partial charge in [-0.3, -0.25) is 4.79 Å². The van der Waals surface area contributed by atoms with Crippen LogP contribution in [0.2, 0.25) is 10.0 Å². The van der Waals surface area contributed by atoms with E-state index in [1.165, 1.54) is 0 Å². The molecule has 1 amide bonds. The minimum Gasteiger partial charge on any atom is -0.456 e. The highest BCUT2D eigenvalue weighted by Crippen LogP contribution is 2.38. The third-order valence-electron chi connectivity index (χ3n) is 5.16. The molecule has 2 aromatic carbocycles. The van der Waals surface area contributed by atoms with E-state index in [0.29, 0.717) is 32.5 Å². The molecule has 2 bridgehead atoms. The lowest BCUT2D eigenvalue weighted by atomic mass is 9.99. The van der Waals surface area contributed by atoms with Gasteiger partial charge in [0, 0.05) is 16.9 Å². The molecule has 7 heteroatoms. The van der Waals surface area contributed by atoms with Crippen molar-refractivity contribution in [1.82, 2.24) is 9.78 Å². The predicted octanol–water partition coefficient (Wildman–Crippen LogP) is 6.90. The van der Waals surface area contributed by atoms with Crippen LogP contribution in [0.1, 0.15) is 21.7 Å². The highest BCUT2D eigenvalue weighted by Gasteiger charge is 2.24. The average molecular weight is 450 g/mol. The van der Waals surface area contributed by atoms with E-state index in [-0.39, 0.29) is 5.91 Å². The molecule has 0 saturated carbocycles. The van der Waals surface area contributed by atoms with E-state index in [1.807, 2.05) is 54.9 Å². The lowest BCUT2D eigenvalue weighted by Gasteiger charge is -2.10. The molecule has 0 aliphatic carbocycles. The molecule has 3 heterocycles. The summed E-state index contributed by atoms with van der Waals surface area (Å²) in [5.74, 6) is -0.273. The van der Waals surface area contributed by atoms with E-state index in [0.717, 1.165) is 28.2 Å². The Morgan fingerprint density at radius 1 is 0.935 bits per heavy atom. The average Bonchev–Trinajstić information content (AvgIpc) is 3.45. The van der Waals surface area contributed by atoms with E-state index < -0.39 is 0 Å². The van der Waals surface area contributed by atoms with E-state index >= 15 is 0 Å². The lowest BCUT2D eigenvalue weighted by Crippen LogP contribution is -2.12. The fourth-order valence-electron chi connectivity index (χ4n) is 3.79. The standard InChI is InChI=1S/C24H17Cl2N3O2/c1-13-11-14(2)29(28-13)17-6-3-15(4-7-17)22-20-9-10-21(31-20)23(22)24(30)27-16-5-8-18(25)19(26)12-16/h3-12H,1-2H3,(H,27,30). The number of anilines is 1. The molecule has 5 nitrogen and oxygen atoms in total. The molecular weight excluding hydrogens is 433 g/mol. The van der Waals surface area contributed by atoms with Crippen LogP contribution in [-0.2, 0) is 0 Å². The number of amides is 1. The van der Waals surface area contributed by atoms with Gasteiger partial charge >= 0.3 is 0 Å². The van der Waals surface area contributed by atoms with Crippen LogP contribution in [0.3, 0.4) is 0 Å². The smallest absolute Gasteiger partial charge is 0.260 e. The number of furan rings is 2. The Hall–Kier alpha value is -3.28. The maximum absolute atomic E-state index is 13.1. The van der Waals surface area contributed by atoms with Crippen molar-refractivity contribution in [2.45, 2.75) is 13.8 Å². The molecule has 0 radical (unpaired) electrons. The Bertz CT molecular complexity index is 1420. The Morgan fingerprint density at radius 3 is 2.35 bits per heavy atom. The molecule has 5 aromatic rings. The van der Waals surface area contributed by atoms with Gasteiger partial charge in [-0.2, -0.15) is 5.10 Å². The minimum absolute atomic E-state index is 0.273. The van der Waals surface area contributed by atoms with Crippen LogP contribution in [0.25, 0.3) is 28.0 Å². The summed E-state index contributed by atoms with van der Waals surface area (Å²) in [6.45, 7) is 3.98. The zero-order valence-corrected chi connectivity index (χ0v) is 18.3. The molecule has 154 valence electrons. The van der Waals surface area contributed by atoms with Crippen LogP contribution in [0.15, 0.2) is 65.1 Å². The maximum Gasteiger partial charge on any atom is 0.260 e. The highest BCUT2D eigenvalue weighted by molar-refractivity contribution is 6.42. The second-order valence-electron chi connectivity index (χ2n) is 7.38.